The van der Waals surface area contributed by atoms with Crippen LogP contribution in [0.2, 0.25) is 0 Å². The molecule has 0 spiro atoms. The lowest BCUT2D eigenvalue weighted by molar-refractivity contribution is -0.112. The summed E-state index contributed by atoms with van der Waals surface area (Å²) in [4.78, 5) is 12.6. The van der Waals surface area contributed by atoms with Gasteiger partial charge < -0.3 is 30.8 Å². The van der Waals surface area contributed by atoms with Crippen LogP contribution in [0.15, 0.2) is 41.5 Å². The van der Waals surface area contributed by atoms with Gasteiger partial charge in [0.15, 0.2) is 0 Å². The first-order chi connectivity index (χ1) is 15.4. The maximum atomic E-state index is 12.6. The van der Waals surface area contributed by atoms with Crippen molar-refractivity contribution in [2.75, 3.05) is 5.32 Å². The molecular weight excluding hydrogens is 422 g/mol. The number of aliphatic hydroxyl groups excluding tert-OH is 4. The second kappa shape index (κ2) is 11.8. The van der Waals surface area contributed by atoms with Crippen molar-refractivity contribution in [3.8, 4) is 5.75 Å². The molecule has 6 N–H and O–H groups in total. The number of fused-ring (bicyclic) bond motifs is 2. The largest absolute Gasteiger partial charge is 0.508 e. The lowest BCUT2D eigenvalue weighted by Crippen LogP contribution is -2.34. The van der Waals surface area contributed by atoms with Gasteiger partial charge in [-0.25, -0.2) is 0 Å². The number of aliphatic hydroxyl groups is 4. The zero-order chi connectivity index (χ0) is 24.9. The van der Waals surface area contributed by atoms with Crippen LogP contribution in [0.25, 0.3) is 0 Å². The number of carbonyl (C=O) groups is 1. The van der Waals surface area contributed by atoms with Crippen molar-refractivity contribution in [2.45, 2.75) is 78.3 Å². The van der Waals surface area contributed by atoms with E-state index in [9.17, 15) is 30.3 Å². The molecule has 0 saturated heterocycles. The average molecular weight is 462 g/mol. The fourth-order valence-corrected chi connectivity index (χ4v) is 4.31. The minimum Gasteiger partial charge on any atom is -0.508 e. The van der Waals surface area contributed by atoms with Crippen LogP contribution in [0.1, 0.15) is 65.5 Å². The molecule has 2 rings (SSSR count). The number of amides is 1. The molecule has 1 aromatic rings. The quantitative estimate of drug-likeness (QED) is 0.328. The maximum absolute atomic E-state index is 12.6. The van der Waals surface area contributed by atoms with Gasteiger partial charge in [0.2, 0.25) is 0 Å². The second-order valence-electron chi connectivity index (χ2n) is 9.64. The van der Waals surface area contributed by atoms with E-state index < -0.39 is 36.3 Å². The topological polar surface area (TPSA) is 130 Å². The lowest BCUT2D eigenvalue weighted by atomic mass is 9.86. The molecule has 1 aromatic carbocycles. The third kappa shape index (κ3) is 7.40. The van der Waals surface area contributed by atoms with Crippen molar-refractivity contribution in [2.24, 2.45) is 17.8 Å². The molecule has 1 amide bonds. The first-order valence-corrected chi connectivity index (χ1v) is 11.6. The summed E-state index contributed by atoms with van der Waals surface area (Å²) in [5.41, 5.74) is 1.99. The molecule has 2 bridgehead atoms. The van der Waals surface area contributed by atoms with Gasteiger partial charge in [-0.2, -0.15) is 0 Å². The van der Waals surface area contributed by atoms with Crippen molar-refractivity contribution < 1.29 is 30.3 Å². The SMILES string of the molecule is C/C1=C/CC[C@H](C)[C@@H](O)/C(C)=C\[C@H](C)[C@@H](O)[C@@H](O)C[C@H](C)[C@@H](O)c2cc(O)cc(c2)NC1=O. The Labute approximate surface area is 196 Å². The van der Waals surface area contributed by atoms with Gasteiger partial charge >= 0.3 is 0 Å². The fraction of sp³-hybridized carbons (Fsp3) is 0.577. The predicted molar refractivity (Wildman–Crippen MR) is 129 cm³/mol. The summed E-state index contributed by atoms with van der Waals surface area (Å²) >= 11 is 0. The molecule has 0 unspecified atom stereocenters. The summed E-state index contributed by atoms with van der Waals surface area (Å²) in [6.45, 7) is 8.97. The van der Waals surface area contributed by atoms with Crippen LogP contribution in [-0.4, -0.2) is 49.8 Å². The molecule has 1 aliphatic rings. The summed E-state index contributed by atoms with van der Waals surface area (Å²) in [6.07, 6.45) is 1.10. The zero-order valence-electron chi connectivity index (χ0n) is 20.2. The van der Waals surface area contributed by atoms with Gasteiger partial charge in [-0.05, 0) is 68.2 Å². The highest BCUT2D eigenvalue weighted by Crippen LogP contribution is 2.32. The summed E-state index contributed by atoms with van der Waals surface area (Å²) < 4.78 is 0. The van der Waals surface area contributed by atoms with Crippen molar-refractivity contribution >= 4 is 11.6 Å². The molecule has 0 aromatic heterocycles. The molecule has 1 aliphatic heterocycles. The molecule has 0 radical (unpaired) electrons. The fourth-order valence-electron chi connectivity index (χ4n) is 4.31. The molecule has 1 heterocycles. The molecule has 7 nitrogen and oxygen atoms in total. The number of phenolic OH excluding ortho intramolecular Hbond substituents is 1. The van der Waals surface area contributed by atoms with Gasteiger partial charge in [-0.3, -0.25) is 4.79 Å². The Morgan fingerprint density at radius 2 is 1.61 bits per heavy atom. The number of nitrogens with one attached hydrogen (secondary N) is 1. The van der Waals surface area contributed by atoms with Crippen LogP contribution in [-0.2, 0) is 4.79 Å². The summed E-state index contributed by atoms with van der Waals surface area (Å²) in [7, 11) is 0. The second-order valence-corrected chi connectivity index (χ2v) is 9.64. The van der Waals surface area contributed by atoms with Crippen molar-refractivity contribution in [3.05, 3.63) is 47.1 Å². The van der Waals surface area contributed by atoms with Crippen LogP contribution >= 0.6 is 0 Å². The zero-order valence-corrected chi connectivity index (χ0v) is 20.2. The third-order valence-corrected chi connectivity index (χ3v) is 6.59. The molecule has 33 heavy (non-hydrogen) atoms. The van der Waals surface area contributed by atoms with Gasteiger partial charge in [0.25, 0.3) is 5.91 Å². The molecule has 0 fully saturated rings. The van der Waals surface area contributed by atoms with Crippen LogP contribution < -0.4 is 5.32 Å². The van der Waals surface area contributed by atoms with E-state index in [4.69, 9.17) is 0 Å². The number of aromatic hydroxyl groups is 1. The molecule has 7 heteroatoms. The first-order valence-electron chi connectivity index (χ1n) is 11.6. The van der Waals surface area contributed by atoms with Crippen LogP contribution in [0, 0.1) is 17.8 Å². The smallest absolute Gasteiger partial charge is 0.250 e. The standard InChI is InChI=1S/C26H39NO6/c1-14-7-6-8-15(2)26(33)27-20-11-19(12-21(28)13-20)24(31)18(5)10-22(29)25(32)17(4)9-16(3)23(14)30/h8-9,11-14,17-18,22-25,28-32H,6-7,10H2,1-5H3,(H,27,33)/b15-8-,16-9-/t14-,17-,18-,22-,23+,24+,25+/m0/s1. The summed E-state index contributed by atoms with van der Waals surface area (Å²) in [5, 5.41) is 55.6. The normalized spacial score (nSPS) is 36.3. The van der Waals surface area contributed by atoms with Gasteiger partial charge in [0.1, 0.15) is 5.75 Å². The Kier molecular flexibility index (Phi) is 9.67. The van der Waals surface area contributed by atoms with E-state index in [1.807, 2.05) is 13.0 Å². The lowest BCUT2D eigenvalue weighted by Gasteiger charge is -2.28. The summed E-state index contributed by atoms with van der Waals surface area (Å²) in [5.74, 6) is -1.31. The number of allylic oxidation sites excluding steroid dienone is 1. The van der Waals surface area contributed by atoms with Crippen LogP contribution in [0.3, 0.4) is 0 Å². The number of hydrogen-bond donors (Lipinski definition) is 6. The maximum Gasteiger partial charge on any atom is 0.250 e. The van der Waals surface area contributed by atoms with Crippen molar-refractivity contribution in [1.82, 2.24) is 0 Å². The van der Waals surface area contributed by atoms with Crippen LogP contribution in [0.5, 0.6) is 5.75 Å². The molecule has 7 atom stereocenters. The van der Waals surface area contributed by atoms with Gasteiger partial charge in [-0.15, -0.1) is 0 Å². The first kappa shape index (κ1) is 27.1. The van der Waals surface area contributed by atoms with E-state index in [1.54, 1.807) is 39.8 Å². The van der Waals surface area contributed by atoms with Gasteiger partial charge in [0, 0.05) is 23.2 Å². The monoisotopic (exact) mass is 461 g/mol. The number of anilines is 1. The van der Waals surface area contributed by atoms with Crippen molar-refractivity contribution in [3.63, 3.8) is 0 Å². The Morgan fingerprint density at radius 1 is 0.939 bits per heavy atom. The van der Waals surface area contributed by atoms with Gasteiger partial charge in [-0.1, -0.05) is 32.9 Å². The number of phenols is 1. The van der Waals surface area contributed by atoms with E-state index in [1.165, 1.54) is 12.1 Å². The van der Waals surface area contributed by atoms with E-state index >= 15 is 0 Å². The Hall–Kier alpha value is -2.19. The number of hydrogen-bond acceptors (Lipinski definition) is 6. The Bertz CT molecular complexity index is 880. The minimum atomic E-state index is -1.09. The Balaban J connectivity index is 2.39. The highest BCUT2D eigenvalue weighted by Gasteiger charge is 2.28. The number of carbonyl (C=O) groups excluding carboxylic acids is 1. The summed E-state index contributed by atoms with van der Waals surface area (Å²) in [6, 6.07) is 4.42. The minimum absolute atomic E-state index is 0.0616. The van der Waals surface area contributed by atoms with E-state index in [0.29, 0.717) is 29.7 Å². The molecule has 0 saturated carbocycles. The highest BCUT2D eigenvalue weighted by atomic mass is 16.3. The van der Waals surface area contributed by atoms with E-state index in [-0.39, 0.29) is 24.0 Å². The Morgan fingerprint density at radius 3 is 2.27 bits per heavy atom. The molecule has 184 valence electrons. The van der Waals surface area contributed by atoms with Crippen molar-refractivity contribution in [1.29, 1.82) is 0 Å². The molecular formula is C26H39NO6. The highest BCUT2D eigenvalue weighted by molar-refractivity contribution is 6.03. The van der Waals surface area contributed by atoms with E-state index in [2.05, 4.69) is 5.32 Å². The van der Waals surface area contributed by atoms with Gasteiger partial charge in [0.05, 0.1) is 24.4 Å². The predicted octanol–water partition coefficient (Wildman–Crippen LogP) is 3.43. The number of rotatable bonds is 0. The average Bonchev–Trinajstić information content (AvgIpc) is 2.75. The number of benzene rings is 1. The van der Waals surface area contributed by atoms with E-state index in [0.717, 1.165) is 5.57 Å². The van der Waals surface area contributed by atoms with Crippen LogP contribution in [0.4, 0.5) is 5.69 Å². The molecule has 0 aliphatic carbocycles. The third-order valence-electron chi connectivity index (χ3n) is 6.59.